The van der Waals surface area contributed by atoms with Crippen molar-refractivity contribution < 1.29 is 22.7 Å². The highest BCUT2D eigenvalue weighted by Gasteiger charge is 2.29. The van der Waals surface area contributed by atoms with Gasteiger partial charge in [-0.25, -0.2) is 9.47 Å². The molecule has 4 nitrogen and oxygen atoms in total. The maximum absolute atomic E-state index is 12.5. The molecule has 22 heavy (non-hydrogen) atoms. The first kappa shape index (κ1) is 16.3. The molecule has 1 heterocycles. The number of methoxy groups -OCH3 is 1. The van der Waals surface area contributed by atoms with Gasteiger partial charge in [0.05, 0.1) is 18.9 Å². The van der Waals surface area contributed by atoms with Crippen LogP contribution >= 0.6 is 15.9 Å². The summed E-state index contributed by atoms with van der Waals surface area (Å²) in [6.07, 6.45) is -1.50. The Hall–Kier alpha value is -2.09. The Balaban J connectivity index is 2.24. The van der Waals surface area contributed by atoms with Gasteiger partial charge in [-0.05, 0) is 39.7 Å². The zero-order valence-corrected chi connectivity index (χ0v) is 12.9. The second kappa shape index (κ2) is 6.35. The lowest BCUT2D eigenvalue weighted by molar-refractivity contribution is -0.137. The van der Waals surface area contributed by atoms with Crippen molar-refractivity contribution in [2.24, 2.45) is 5.10 Å². The van der Waals surface area contributed by atoms with E-state index in [0.29, 0.717) is 10.0 Å². The molecule has 0 saturated carbocycles. The van der Waals surface area contributed by atoms with E-state index < -0.39 is 17.7 Å². The number of ether oxygens (including phenoxy) is 1. The fourth-order valence-electron chi connectivity index (χ4n) is 1.66. The molecule has 0 radical (unpaired) electrons. The van der Waals surface area contributed by atoms with Crippen LogP contribution in [0.25, 0.3) is 0 Å². The molecule has 1 aromatic carbocycles. The van der Waals surface area contributed by atoms with E-state index in [1.165, 1.54) is 42.4 Å². The number of aromatic nitrogens is 1. The molecule has 0 aliphatic heterocycles. The lowest BCUT2D eigenvalue weighted by Crippen LogP contribution is -2.07. The van der Waals surface area contributed by atoms with Crippen LogP contribution in [0.3, 0.4) is 0 Å². The van der Waals surface area contributed by atoms with Crippen LogP contribution in [0.15, 0.2) is 46.1 Å². The Morgan fingerprint density at radius 2 is 1.95 bits per heavy atom. The van der Waals surface area contributed by atoms with Gasteiger partial charge in [-0.3, -0.25) is 0 Å². The number of hydrogen-bond acceptors (Lipinski definition) is 3. The zero-order valence-electron chi connectivity index (χ0n) is 11.3. The quantitative estimate of drug-likeness (QED) is 0.603. The van der Waals surface area contributed by atoms with Gasteiger partial charge in [-0.2, -0.15) is 18.3 Å². The van der Waals surface area contributed by atoms with Crippen molar-refractivity contribution in [1.29, 1.82) is 0 Å². The third-order valence-electron chi connectivity index (χ3n) is 2.73. The van der Waals surface area contributed by atoms with Gasteiger partial charge in [0.15, 0.2) is 5.69 Å². The summed E-state index contributed by atoms with van der Waals surface area (Å²) in [4.78, 5) is 11.6. The first-order valence-corrected chi connectivity index (χ1v) is 6.78. The van der Waals surface area contributed by atoms with Crippen LogP contribution in [0.5, 0.6) is 0 Å². The summed E-state index contributed by atoms with van der Waals surface area (Å²) in [6.45, 7) is 0. The minimum absolute atomic E-state index is 0.192. The molecule has 2 rings (SSSR count). The molecule has 0 unspecified atom stereocenters. The number of esters is 1. The molecule has 8 heteroatoms. The fourth-order valence-corrected chi connectivity index (χ4v) is 2.07. The molecular weight excluding hydrogens is 365 g/mol. The van der Waals surface area contributed by atoms with Crippen molar-refractivity contribution >= 4 is 28.1 Å². The van der Waals surface area contributed by atoms with Crippen molar-refractivity contribution in [3.8, 4) is 0 Å². The molecule has 0 bridgehead atoms. The molecule has 0 saturated heterocycles. The van der Waals surface area contributed by atoms with E-state index in [4.69, 9.17) is 0 Å². The first-order chi connectivity index (χ1) is 10.3. The SMILES string of the molecule is COC(=O)c1cc(Br)cn1/N=C/c1ccc(C(F)(F)F)cc1. The predicted molar refractivity (Wildman–Crippen MR) is 77.9 cm³/mol. The molecule has 0 atom stereocenters. The summed E-state index contributed by atoms with van der Waals surface area (Å²) in [5.74, 6) is -0.574. The monoisotopic (exact) mass is 374 g/mol. The van der Waals surface area contributed by atoms with Crippen molar-refractivity contribution in [3.63, 3.8) is 0 Å². The number of benzene rings is 1. The Kier molecular flexibility index (Phi) is 4.70. The number of alkyl halides is 3. The Morgan fingerprint density at radius 3 is 2.50 bits per heavy atom. The van der Waals surface area contributed by atoms with E-state index in [9.17, 15) is 18.0 Å². The van der Waals surface area contributed by atoms with Crippen molar-refractivity contribution in [2.75, 3.05) is 7.11 Å². The van der Waals surface area contributed by atoms with Crippen LogP contribution in [0.2, 0.25) is 0 Å². The van der Waals surface area contributed by atoms with Gasteiger partial charge in [-0.1, -0.05) is 12.1 Å². The number of nitrogens with zero attached hydrogens (tertiary/aromatic N) is 2. The maximum atomic E-state index is 12.5. The number of carbonyl (C=O) groups excluding carboxylic acids is 1. The normalized spacial score (nSPS) is 11.9. The van der Waals surface area contributed by atoms with Crippen LogP contribution in [0.1, 0.15) is 21.6 Å². The molecule has 0 fully saturated rings. The van der Waals surface area contributed by atoms with Gasteiger partial charge in [0, 0.05) is 10.7 Å². The largest absolute Gasteiger partial charge is 0.464 e. The summed E-state index contributed by atoms with van der Waals surface area (Å²) in [7, 11) is 1.24. The first-order valence-electron chi connectivity index (χ1n) is 5.99. The average molecular weight is 375 g/mol. The van der Waals surface area contributed by atoms with Crippen molar-refractivity contribution in [2.45, 2.75) is 6.18 Å². The summed E-state index contributed by atoms with van der Waals surface area (Å²) in [5, 5.41) is 4.04. The van der Waals surface area contributed by atoms with Gasteiger partial charge in [0.25, 0.3) is 0 Å². The predicted octanol–water partition coefficient (Wildman–Crippen LogP) is 3.94. The number of carbonyl (C=O) groups is 1. The van der Waals surface area contributed by atoms with Gasteiger partial charge in [0.2, 0.25) is 0 Å². The van der Waals surface area contributed by atoms with E-state index in [2.05, 4.69) is 25.8 Å². The molecule has 0 amide bonds. The molecular formula is C14H10BrF3N2O2. The third-order valence-corrected chi connectivity index (χ3v) is 3.16. The summed E-state index contributed by atoms with van der Waals surface area (Å²) >= 11 is 3.21. The van der Waals surface area contributed by atoms with Gasteiger partial charge in [0.1, 0.15) is 0 Å². The van der Waals surface area contributed by atoms with Crippen molar-refractivity contribution in [3.05, 3.63) is 57.8 Å². The van der Waals surface area contributed by atoms with Crippen molar-refractivity contribution in [1.82, 2.24) is 4.68 Å². The lowest BCUT2D eigenvalue weighted by Gasteiger charge is -2.06. The zero-order chi connectivity index (χ0) is 16.3. The Morgan fingerprint density at radius 1 is 1.32 bits per heavy atom. The standard InChI is InChI=1S/C14H10BrF3N2O2/c1-22-13(21)12-6-11(15)8-20(12)19-7-9-2-4-10(5-3-9)14(16,17)18/h2-8H,1H3/b19-7+. The molecule has 116 valence electrons. The lowest BCUT2D eigenvalue weighted by atomic mass is 10.1. The summed E-state index contributed by atoms with van der Waals surface area (Å²) < 4.78 is 43.9. The van der Waals surface area contributed by atoms with Crippen LogP contribution in [0.4, 0.5) is 13.2 Å². The smallest absolute Gasteiger partial charge is 0.416 e. The number of hydrogen-bond donors (Lipinski definition) is 0. The highest BCUT2D eigenvalue weighted by atomic mass is 79.9. The van der Waals surface area contributed by atoms with Gasteiger partial charge in [-0.15, -0.1) is 0 Å². The second-order valence-electron chi connectivity index (χ2n) is 4.24. The minimum atomic E-state index is -4.38. The molecule has 0 aliphatic carbocycles. The second-order valence-corrected chi connectivity index (χ2v) is 5.16. The number of halogens is 4. The van der Waals surface area contributed by atoms with E-state index in [1.807, 2.05) is 0 Å². The third kappa shape index (κ3) is 3.76. The van der Waals surface area contributed by atoms with E-state index >= 15 is 0 Å². The Labute approximate surface area is 132 Å². The molecule has 1 aromatic heterocycles. The summed E-state index contributed by atoms with van der Waals surface area (Å²) in [6, 6.07) is 6.05. The van der Waals surface area contributed by atoms with Crippen LogP contribution in [0, 0.1) is 0 Å². The topological polar surface area (TPSA) is 43.6 Å². The van der Waals surface area contributed by atoms with Gasteiger partial charge >= 0.3 is 12.1 Å². The van der Waals surface area contributed by atoms with Gasteiger partial charge < -0.3 is 4.74 Å². The fraction of sp³-hybridized carbons (Fsp3) is 0.143. The Bertz CT molecular complexity index is 706. The molecule has 0 spiro atoms. The van der Waals surface area contributed by atoms with Crippen LogP contribution in [-0.4, -0.2) is 24.0 Å². The molecule has 2 aromatic rings. The maximum Gasteiger partial charge on any atom is 0.416 e. The number of rotatable bonds is 3. The molecule has 0 N–H and O–H groups in total. The summed E-state index contributed by atoms with van der Waals surface area (Å²) in [5.41, 5.74) is -0.0743. The van der Waals surface area contributed by atoms with Crippen LogP contribution in [-0.2, 0) is 10.9 Å². The van der Waals surface area contributed by atoms with E-state index in [1.54, 1.807) is 0 Å². The highest BCUT2D eigenvalue weighted by Crippen LogP contribution is 2.28. The van der Waals surface area contributed by atoms with Crippen LogP contribution < -0.4 is 0 Å². The average Bonchev–Trinajstić information content (AvgIpc) is 2.85. The van der Waals surface area contributed by atoms with E-state index in [0.717, 1.165) is 12.1 Å². The van der Waals surface area contributed by atoms with E-state index in [-0.39, 0.29) is 5.69 Å². The minimum Gasteiger partial charge on any atom is -0.464 e. The molecule has 0 aliphatic rings. The highest BCUT2D eigenvalue weighted by molar-refractivity contribution is 9.10.